The van der Waals surface area contributed by atoms with Crippen molar-refractivity contribution in [2.45, 2.75) is 13.1 Å². The molecule has 0 saturated heterocycles. The van der Waals surface area contributed by atoms with Gasteiger partial charge in [-0.25, -0.2) is 4.39 Å². The largest absolute Gasteiger partial charge is 0.415 e. The molecule has 0 aliphatic heterocycles. The lowest BCUT2D eigenvalue weighted by atomic mass is 10.2. The zero-order valence-corrected chi connectivity index (χ0v) is 13.3. The van der Waals surface area contributed by atoms with Gasteiger partial charge in [-0.1, -0.05) is 23.7 Å². The van der Waals surface area contributed by atoms with E-state index in [4.69, 9.17) is 16.0 Å². The molecule has 0 bridgehead atoms. The van der Waals surface area contributed by atoms with Crippen LogP contribution in [0.2, 0.25) is 5.02 Å². The predicted octanol–water partition coefficient (Wildman–Crippen LogP) is 2.74. The molecule has 118 valence electrons. The molecule has 0 radical (unpaired) electrons. The molecule has 1 unspecified atom stereocenters. The number of aromatic nitrogens is 2. The summed E-state index contributed by atoms with van der Waals surface area (Å²) in [6.07, 6.45) is 0. The number of nitrogens with zero attached hydrogens (tertiary/aromatic N) is 2. The fourth-order valence-electron chi connectivity index (χ4n) is 2.31. The van der Waals surface area contributed by atoms with Crippen LogP contribution >= 0.6 is 11.6 Å². The Labute approximate surface area is 138 Å². The lowest BCUT2D eigenvalue weighted by Crippen LogP contribution is -3.06. The molecule has 1 heterocycles. The molecule has 0 amide bonds. The number of quaternary nitrogens is 1. The fraction of sp³-hybridized carbons (Fsp3) is 0.176. The average molecular weight is 333 g/mol. The molecule has 0 fully saturated rings. The van der Waals surface area contributed by atoms with Gasteiger partial charge in [0, 0.05) is 16.1 Å². The number of rotatable bonds is 5. The summed E-state index contributed by atoms with van der Waals surface area (Å²) in [7, 11) is 2.02. The lowest BCUT2D eigenvalue weighted by molar-refractivity contribution is -0.909. The van der Waals surface area contributed by atoms with Crippen molar-refractivity contribution in [2.24, 2.45) is 0 Å². The van der Waals surface area contributed by atoms with Crippen LogP contribution in [-0.4, -0.2) is 17.2 Å². The molecule has 1 aromatic heterocycles. The molecule has 4 nitrogen and oxygen atoms in total. The minimum atomic E-state index is -0.226. The monoisotopic (exact) mass is 332 g/mol. The zero-order valence-electron chi connectivity index (χ0n) is 12.6. The van der Waals surface area contributed by atoms with Gasteiger partial charge in [-0.05, 0) is 36.4 Å². The van der Waals surface area contributed by atoms with E-state index in [1.807, 2.05) is 19.2 Å². The summed E-state index contributed by atoms with van der Waals surface area (Å²) in [5, 5.41) is 8.81. The number of nitrogens with one attached hydrogen (secondary N) is 1. The Hall–Kier alpha value is -2.24. The first-order valence-electron chi connectivity index (χ1n) is 7.24. The van der Waals surface area contributed by atoms with E-state index in [9.17, 15) is 4.39 Å². The first-order valence-corrected chi connectivity index (χ1v) is 7.62. The van der Waals surface area contributed by atoms with Gasteiger partial charge in [0.25, 0.3) is 5.89 Å². The Kier molecular flexibility index (Phi) is 4.69. The van der Waals surface area contributed by atoms with E-state index < -0.39 is 0 Å². The Morgan fingerprint density at radius 3 is 2.39 bits per heavy atom. The highest BCUT2D eigenvalue weighted by atomic mass is 35.5. The lowest BCUT2D eigenvalue weighted by Gasteiger charge is -2.11. The van der Waals surface area contributed by atoms with Gasteiger partial charge in [0.15, 0.2) is 6.54 Å². The first kappa shape index (κ1) is 15.6. The normalized spacial score (nSPS) is 12.3. The van der Waals surface area contributed by atoms with Crippen LogP contribution in [0.4, 0.5) is 4.39 Å². The second kappa shape index (κ2) is 6.89. The van der Waals surface area contributed by atoms with E-state index in [0.717, 1.165) is 17.7 Å². The summed E-state index contributed by atoms with van der Waals surface area (Å²) in [6, 6.07) is 13.8. The quantitative estimate of drug-likeness (QED) is 0.781. The number of halogens is 2. The van der Waals surface area contributed by atoms with Gasteiger partial charge in [0.1, 0.15) is 12.4 Å². The van der Waals surface area contributed by atoms with Crippen LogP contribution in [-0.2, 0) is 13.1 Å². The third kappa shape index (κ3) is 4.15. The summed E-state index contributed by atoms with van der Waals surface area (Å²) < 4.78 is 18.6. The molecule has 3 aromatic rings. The van der Waals surface area contributed by atoms with Gasteiger partial charge in [-0.2, -0.15) is 0 Å². The summed E-state index contributed by atoms with van der Waals surface area (Å²) in [4.78, 5) is 1.17. The van der Waals surface area contributed by atoms with Crippen molar-refractivity contribution in [2.75, 3.05) is 7.05 Å². The van der Waals surface area contributed by atoms with E-state index in [1.165, 1.54) is 17.0 Å². The maximum absolute atomic E-state index is 12.9. The van der Waals surface area contributed by atoms with E-state index in [2.05, 4.69) is 10.2 Å². The molecular weight excluding hydrogens is 317 g/mol. The molecule has 6 heteroatoms. The van der Waals surface area contributed by atoms with Crippen molar-refractivity contribution >= 4 is 11.6 Å². The molecule has 0 saturated carbocycles. The summed E-state index contributed by atoms with van der Waals surface area (Å²) in [6.45, 7) is 1.34. The third-order valence-electron chi connectivity index (χ3n) is 3.43. The van der Waals surface area contributed by atoms with Crippen LogP contribution in [0.1, 0.15) is 11.5 Å². The molecule has 3 rings (SSSR count). The van der Waals surface area contributed by atoms with Crippen molar-refractivity contribution in [1.82, 2.24) is 10.2 Å². The molecular formula is C17H16ClFN3O+. The Morgan fingerprint density at radius 1 is 1.00 bits per heavy atom. The molecule has 2 aromatic carbocycles. The van der Waals surface area contributed by atoms with Gasteiger partial charge < -0.3 is 9.32 Å². The number of benzene rings is 2. The summed E-state index contributed by atoms with van der Waals surface area (Å²) in [5.74, 6) is 0.816. The van der Waals surface area contributed by atoms with E-state index in [1.54, 1.807) is 24.3 Å². The minimum absolute atomic E-state index is 0.226. The minimum Gasteiger partial charge on any atom is -0.415 e. The first-order chi connectivity index (χ1) is 11.1. The smallest absolute Gasteiger partial charge is 0.271 e. The molecule has 23 heavy (non-hydrogen) atoms. The Bertz CT molecular complexity index is 771. The average Bonchev–Trinajstić information content (AvgIpc) is 2.98. The summed E-state index contributed by atoms with van der Waals surface area (Å²) in [5.41, 5.74) is 1.89. The van der Waals surface area contributed by atoms with Gasteiger partial charge >= 0.3 is 0 Å². The Balaban J connectivity index is 1.64. The van der Waals surface area contributed by atoms with Crippen molar-refractivity contribution in [3.8, 4) is 11.5 Å². The topological polar surface area (TPSA) is 43.4 Å². The molecule has 0 spiro atoms. The molecule has 0 aliphatic rings. The Morgan fingerprint density at radius 2 is 1.70 bits per heavy atom. The van der Waals surface area contributed by atoms with E-state index in [0.29, 0.717) is 23.3 Å². The van der Waals surface area contributed by atoms with Crippen LogP contribution in [0, 0.1) is 5.82 Å². The van der Waals surface area contributed by atoms with Crippen molar-refractivity contribution in [3.05, 3.63) is 70.8 Å². The van der Waals surface area contributed by atoms with Crippen LogP contribution in [0.3, 0.4) is 0 Å². The van der Waals surface area contributed by atoms with Gasteiger partial charge in [-0.15, -0.1) is 10.2 Å². The van der Waals surface area contributed by atoms with E-state index >= 15 is 0 Å². The number of hydrogen-bond acceptors (Lipinski definition) is 3. The van der Waals surface area contributed by atoms with Crippen LogP contribution < -0.4 is 4.90 Å². The molecule has 1 atom stereocenters. The van der Waals surface area contributed by atoms with Crippen LogP contribution in [0.25, 0.3) is 11.5 Å². The van der Waals surface area contributed by atoms with Crippen LogP contribution in [0.5, 0.6) is 0 Å². The third-order valence-corrected chi connectivity index (χ3v) is 3.68. The second-order valence-corrected chi connectivity index (χ2v) is 5.88. The zero-order chi connectivity index (χ0) is 16.2. The summed E-state index contributed by atoms with van der Waals surface area (Å²) >= 11 is 5.87. The maximum atomic E-state index is 12.9. The molecule has 1 N–H and O–H groups in total. The molecule has 0 aliphatic carbocycles. The highest BCUT2D eigenvalue weighted by Crippen LogP contribution is 2.19. The standard InChI is InChI=1S/C17H15ClFN3O/c1-22(10-12-2-8-15(19)9-3-12)11-16-20-21-17(23-16)13-4-6-14(18)7-5-13/h2-9H,10-11H2,1H3/p+1. The van der Waals surface area contributed by atoms with Gasteiger partial charge in [0.05, 0.1) is 7.05 Å². The fourth-order valence-corrected chi connectivity index (χ4v) is 2.43. The van der Waals surface area contributed by atoms with Crippen molar-refractivity contribution in [1.29, 1.82) is 0 Å². The maximum Gasteiger partial charge on any atom is 0.271 e. The number of hydrogen-bond donors (Lipinski definition) is 1. The van der Waals surface area contributed by atoms with Gasteiger partial charge in [0.2, 0.25) is 5.89 Å². The highest BCUT2D eigenvalue weighted by molar-refractivity contribution is 6.30. The van der Waals surface area contributed by atoms with Crippen LogP contribution in [0.15, 0.2) is 52.9 Å². The van der Waals surface area contributed by atoms with Gasteiger partial charge in [-0.3, -0.25) is 0 Å². The highest BCUT2D eigenvalue weighted by Gasteiger charge is 2.13. The second-order valence-electron chi connectivity index (χ2n) is 5.44. The SMILES string of the molecule is C[NH+](Cc1ccc(F)cc1)Cc1nnc(-c2ccc(Cl)cc2)o1. The van der Waals surface area contributed by atoms with E-state index in [-0.39, 0.29) is 5.82 Å². The van der Waals surface area contributed by atoms with Crippen molar-refractivity contribution < 1.29 is 13.7 Å². The van der Waals surface area contributed by atoms with Crippen molar-refractivity contribution in [3.63, 3.8) is 0 Å². The predicted molar refractivity (Wildman–Crippen MR) is 85.4 cm³/mol.